The molecular weight excluding hydrogens is 268 g/mol. The van der Waals surface area contributed by atoms with Crippen LogP contribution < -0.4 is 10.5 Å². The van der Waals surface area contributed by atoms with Crippen LogP contribution in [-0.2, 0) is 7.05 Å². The number of fused-ring (bicyclic) bond motifs is 1. The number of rotatable bonds is 1. The summed E-state index contributed by atoms with van der Waals surface area (Å²) in [5.74, 6) is -0.172. The highest BCUT2D eigenvalue weighted by atomic mass is 16.2. The SMILES string of the molecule is Cn1c(=O)c(C(=O)N2CC[NH+](C)CC2)cc2cccnc21. The highest BCUT2D eigenvalue weighted by molar-refractivity contribution is 5.96. The van der Waals surface area contributed by atoms with Gasteiger partial charge in [-0.25, -0.2) is 4.98 Å². The standard InChI is InChI=1S/C15H18N4O2/c1-17-6-8-19(9-7-17)15(21)12-10-11-4-3-5-16-13(11)18(2)14(12)20/h3-5,10H,6-9H2,1-2H3/p+1. The van der Waals surface area contributed by atoms with E-state index in [0.717, 1.165) is 18.5 Å². The number of aryl methyl sites for hydroxylation is 1. The number of nitrogens with one attached hydrogen (secondary N) is 1. The zero-order valence-electron chi connectivity index (χ0n) is 12.3. The maximum atomic E-state index is 12.6. The monoisotopic (exact) mass is 287 g/mol. The molecule has 2 aromatic rings. The maximum Gasteiger partial charge on any atom is 0.264 e. The highest BCUT2D eigenvalue weighted by Gasteiger charge is 2.25. The van der Waals surface area contributed by atoms with E-state index in [2.05, 4.69) is 12.0 Å². The van der Waals surface area contributed by atoms with Gasteiger partial charge < -0.3 is 9.80 Å². The van der Waals surface area contributed by atoms with Crippen LogP contribution >= 0.6 is 0 Å². The Hall–Kier alpha value is -2.21. The van der Waals surface area contributed by atoms with Crippen molar-refractivity contribution >= 4 is 16.9 Å². The minimum atomic E-state index is -0.280. The molecule has 0 radical (unpaired) electrons. The van der Waals surface area contributed by atoms with Gasteiger partial charge in [0.15, 0.2) is 0 Å². The lowest BCUT2D eigenvalue weighted by Crippen LogP contribution is -3.12. The van der Waals surface area contributed by atoms with Crippen molar-refractivity contribution in [2.45, 2.75) is 0 Å². The fourth-order valence-corrected chi connectivity index (χ4v) is 2.71. The Bertz CT molecular complexity index is 745. The van der Waals surface area contributed by atoms with Crippen molar-refractivity contribution in [2.24, 2.45) is 7.05 Å². The molecule has 6 heteroatoms. The van der Waals surface area contributed by atoms with Crippen LogP contribution in [0, 0.1) is 0 Å². The number of carbonyl (C=O) groups excluding carboxylic acids is 1. The van der Waals surface area contributed by atoms with Crippen LogP contribution in [-0.4, -0.2) is 53.6 Å². The Morgan fingerprint density at radius 2 is 2.05 bits per heavy atom. The van der Waals surface area contributed by atoms with Gasteiger partial charge in [-0.05, 0) is 18.2 Å². The van der Waals surface area contributed by atoms with Crippen LogP contribution in [0.3, 0.4) is 0 Å². The first-order chi connectivity index (χ1) is 10.1. The first-order valence-electron chi connectivity index (χ1n) is 7.13. The number of pyridine rings is 2. The molecule has 2 aromatic heterocycles. The van der Waals surface area contributed by atoms with E-state index < -0.39 is 0 Å². The molecule has 0 unspecified atom stereocenters. The Balaban J connectivity index is 2.02. The van der Waals surface area contributed by atoms with E-state index in [0.29, 0.717) is 18.7 Å². The van der Waals surface area contributed by atoms with Crippen molar-refractivity contribution in [2.75, 3.05) is 33.2 Å². The topological polar surface area (TPSA) is 59.6 Å². The number of likely N-dealkylation sites (N-methyl/N-ethyl adjacent to an activating group) is 1. The van der Waals surface area contributed by atoms with E-state index in [9.17, 15) is 9.59 Å². The summed E-state index contributed by atoms with van der Waals surface area (Å²) in [6.45, 7) is 3.22. The van der Waals surface area contributed by atoms with Crippen LogP contribution in [0.2, 0.25) is 0 Å². The summed E-state index contributed by atoms with van der Waals surface area (Å²) >= 11 is 0. The van der Waals surface area contributed by atoms with Gasteiger partial charge in [0.1, 0.15) is 11.2 Å². The molecule has 1 aliphatic rings. The largest absolute Gasteiger partial charge is 0.334 e. The normalized spacial score (nSPS) is 16.4. The first kappa shape index (κ1) is 13.8. The zero-order chi connectivity index (χ0) is 15.0. The molecule has 21 heavy (non-hydrogen) atoms. The lowest BCUT2D eigenvalue weighted by atomic mass is 10.1. The van der Waals surface area contributed by atoms with Gasteiger partial charge >= 0.3 is 0 Å². The molecule has 3 rings (SSSR count). The van der Waals surface area contributed by atoms with Crippen molar-refractivity contribution in [1.29, 1.82) is 0 Å². The fraction of sp³-hybridized carbons (Fsp3) is 0.400. The third-order valence-electron chi connectivity index (χ3n) is 4.10. The van der Waals surface area contributed by atoms with E-state index in [1.165, 1.54) is 9.47 Å². The number of nitrogens with zero attached hydrogens (tertiary/aromatic N) is 3. The summed E-state index contributed by atoms with van der Waals surface area (Å²) in [6, 6.07) is 5.34. The summed E-state index contributed by atoms with van der Waals surface area (Å²) in [5, 5.41) is 0.808. The van der Waals surface area contributed by atoms with Crippen molar-refractivity contribution in [3.63, 3.8) is 0 Å². The molecular formula is C15H19N4O2+. The third-order valence-corrected chi connectivity index (χ3v) is 4.10. The Morgan fingerprint density at radius 1 is 1.33 bits per heavy atom. The van der Waals surface area contributed by atoms with E-state index in [1.807, 2.05) is 6.07 Å². The predicted molar refractivity (Wildman–Crippen MR) is 79.5 cm³/mol. The minimum Gasteiger partial charge on any atom is -0.334 e. The lowest BCUT2D eigenvalue weighted by molar-refractivity contribution is -0.883. The van der Waals surface area contributed by atoms with Gasteiger partial charge in [-0.1, -0.05) is 0 Å². The van der Waals surface area contributed by atoms with Crippen LogP contribution in [0.4, 0.5) is 0 Å². The second kappa shape index (κ2) is 5.29. The molecule has 1 saturated heterocycles. The van der Waals surface area contributed by atoms with Gasteiger partial charge in [-0.2, -0.15) is 0 Å². The lowest BCUT2D eigenvalue weighted by Gasteiger charge is -2.30. The Morgan fingerprint density at radius 3 is 2.76 bits per heavy atom. The van der Waals surface area contributed by atoms with Gasteiger partial charge in [0.25, 0.3) is 11.5 Å². The number of aromatic nitrogens is 2. The average Bonchev–Trinajstić information content (AvgIpc) is 2.51. The quantitative estimate of drug-likeness (QED) is 0.725. The van der Waals surface area contributed by atoms with Crippen molar-refractivity contribution in [3.8, 4) is 0 Å². The molecule has 0 aliphatic carbocycles. The van der Waals surface area contributed by atoms with E-state index in [-0.39, 0.29) is 17.0 Å². The van der Waals surface area contributed by atoms with Crippen LogP contribution in [0.5, 0.6) is 0 Å². The minimum absolute atomic E-state index is 0.172. The number of hydrogen-bond acceptors (Lipinski definition) is 3. The van der Waals surface area contributed by atoms with E-state index >= 15 is 0 Å². The van der Waals surface area contributed by atoms with E-state index in [1.54, 1.807) is 30.3 Å². The van der Waals surface area contributed by atoms with Gasteiger partial charge in [0.05, 0.1) is 33.2 Å². The first-order valence-corrected chi connectivity index (χ1v) is 7.13. The van der Waals surface area contributed by atoms with Crippen molar-refractivity contribution in [1.82, 2.24) is 14.5 Å². The van der Waals surface area contributed by atoms with Gasteiger partial charge in [0.2, 0.25) is 0 Å². The summed E-state index contributed by atoms with van der Waals surface area (Å²) in [4.78, 5) is 32.4. The molecule has 1 aliphatic heterocycles. The van der Waals surface area contributed by atoms with Crippen LogP contribution in [0.15, 0.2) is 29.2 Å². The maximum absolute atomic E-state index is 12.6. The van der Waals surface area contributed by atoms with Crippen LogP contribution in [0.25, 0.3) is 11.0 Å². The smallest absolute Gasteiger partial charge is 0.264 e. The number of carbonyl (C=O) groups is 1. The number of piperazine rings is 1. The summed E-state index contributed by atoms with van der Waals surface area (Å²) in [5.41, 5.74) is 0.553. The Labute approximate surface area is 122 Å². The summed E-state index contributed by atoms with van der Waals surface area (Å²) in [6.07, 6.45) is 1.65. The number of amides is 1. The molecule has 0 saturated carbocycles. The number of quaternary nitrogens is 1. The van der Waals surface area contributed by atoms with Crippen LogP contribution in [0.1, 0.15) is 10.4 Å². The molecule has 6 nitrogen and oxygen atoms in total. The molecule has 110 valence electrons. The summed E-state index contributed by atoms with van der Waals surface area (Å²) < 4.78 is 1.45. The molecule has 1 amide bonds. The Kier molecular flexibility index (Phi) is 3.47. The van der Waals surface area contributed by atoms with E-state index in [4.69, 9.17) is 0 Å². The zero-order valence-corrected chi connectivity index (χ0v) is 12.3. The van der Waals surface area contributed by atoms with Gasteiger partial charge in [-0.3, -0.25) is 14.2 Å². The molecule has 0 bridgehead atoms. The second-order valence-electron chi connectivity index (χ2n) is 5.59. The molecule has 1 fully saturated rings. The fourth-order valence-electron chi connectivity index (χ4n) is 2.71. The third kappa shape index (κ3) is 2.42. The summed E-state index contributed by atoms with van der Waals surface area (Å²) in [7, 11) is 3.77. The number of hydrogen-bond donors (Lipinski definition) is 1. The molecule has 1 N–H and O–H groups in total. The molecule has 0 aromatic carbocycles. The van der Waals surface area contributed by atoms with Crippen molar-refractivity contribution in [3.05, 3.63) is 40.3 Å². The average molecular weight is 287 g/mol. The van der Waals surface area contributed by atoms with Gasteiger partial charge in [0, 0.05) is 18.6 Å². The highest BCUT2D eigenvalue weighted by Crippen LogP contribution is 2.11. The predicted octanol–water partition coefficient (Wildman–Crippen LogP) is -1.10. The molecule has 0 atom stereocenters. The van der Waals surface area contributed by atoms with Gasteiger partial charge in [-0.15, -0.1) is 0 Å². The molecule has 0 spiro atoms. The van der Waals surface area contributed by atoms with Crippen molar-refractivity contribution < 1.29 is 9.69 Å². The second-order valence-corrected chi connectivity index (χ2v) is 5.59. The molecule has 3 heterocycles.